The number of aryl methyl sites for hydroxylation is 1. The van der Waals surface area contributed by atoms with Crippen molar-refractivity contribution in [3.8, 4) is 0 Å². The summed E-state index contributed by atoms with van der Waals surface area (Å²) in [6, 6.07) is 1.93. The average molecular weight is 366 g/mol. The van der Waals surface area contributed by atoms with E-state index in [9.17, 15) is 23.1 Å². The maximum Gasteiger partial charge on any atom is 0.321 e. The summed E-state index contributed by atoms with van der Waals surface area (Å²) in [7, 11) is -3.96. The van der Waals surface area contributed by atoms with Gasteiger partial charge in [-0.1, -0.05) is 19.8 Å². The Labute approximate surface area is 147 Å². The Bertz CT molecular complexity index is 819. The van der Waals surface area contributed by atoms with Crippen LogP contribution in [0.3, 0.4) is 0 Å². The van der Waals surface area contributed by atoms with Gasteiger partial charge in [0.1, 0.15) is 6.04 Å². The number of nitrogens with zero attached hydrogens (tertiary/aromatic N) is 1. The van der Waals surface area contributed by atoms with E-state index >= 15 is 0 Å². The molecule has 0 saturated heterocycles. The highest BCUT2D eigenvalue weighted by atomic mass is 32.2. The third-order valence-electron chi connectivity index (χ3n) is 4.73. The molecule has 1 amide bonds. The van der Waals surface area contributed by atoms with Crippen LogP contribution in [0.1, 0.15) is 43.7 Å². The van der Waals surface area contributed by atoms with Gasteiger partial charge in [0.15, 0.2) is 0 Å². The Hall–Kier alpha value is -1.93. The molecule has 0 aliphatic carbocycles. The van der Waals surface area contributed by atoms with Gasteiger partial charge >= 0.3 is 5.97 Å². The zero-order valence-corrected chi connectivity index (χ0v) is 14.9. The van der Waals surface area contributed by atoms with Gasteiger partial charge in [-0.3, -0.25) is 9.59 Å². The number of amides is 1. The SMILES string of the molecule is CCCC[C@H](NS(=O)(=O)c1cc2c3c(c1)CC(=O)N3CCC2)C(=O)O. The van der Waals surface area contributed by atoms with Crippen molar-refractivity contribution in [1.29, 1.82) is 0 Å². The minimum absolute atomic E-state index is 0.00943. The molecule has 0 unspecified atom stereocenters. The van der Waals surface area contributed by atoms with E-state index in [1.165, 1.54) is 6.07 Å². The standard InChI is InChI=1S/C17H22N2O5S/c1-2-3-6-14(17(21)22)18-25(23,24)13-8-11-5-4-7-19-15(20)10-12(9-13)16(11)19/h8-9,14,18H,2-7,10H2,1H3,(H,21,22)/t14-/m0/s1. The molecular formula is C17H22N2O5S. The van der Waals surface area contributed by atoms with Crippen LogP contribution in [0, 0.1) is 0 Å². The topological polar surface area (TPSA) is 104 Å². The van der Waals surface area contributed by atoms with Crippen LogP contribution < -0.4 is 9.62 Å². The number of carboxylic acids is 1. The fourth-order valence-corrected chi connectivity index (χ4v) is 4.82. The van der Waals surface area contributed by atoms with E-state index in [1.807, 2.05) is 6.92 Å². The third-order valence-corrected chi connectivity index (χ3v) is 6.19. The predicted octanol–water partition coefficient (Wildman–Crippen LogP) is 1.44. The first kappa shape index (κ1) is 17.9. The number of unbranched alkanes of at least 4 members (excludes halogenated alkanes) is 1. The largest absolute Gasteiger partial charge is 0.480 e. The van der Waals surface area contributed by atoms with Gasteiger partial charge in [0.05, 0.1) is 17.0 Å². The molecule has 0 saturated carbocycles. The zero-order chi connectivity index (χ0) is 18.2. The summed E-state index contributed by atoms with van der Waals surface area (Å²) in [6.45, 7) is 2.59. The van der Waals surface area contributed by atoms with Crippen LogP contribution in [-0.2, 0) is 32.5 Å². The monoisotopic (exact) mass is 366 g/mol. The highest BCUT2D eigenvalue weighted by Gasteiger charge is 2.34. The van der Waals surface area contributed by atoms with Crippen LogP contribution in [0.15, 0.2) is 17.0 Å². The Morgan fingerprint density at radius 2 is 2.08 bits per heavy atom. The molecule has 0 bridgehead atoms. The summed E-state index contributed by atoms with van der Waals surface area (Å²) in [5, 5.41) is 9.27. The Kier molecular flexibility index (Phi) is 4.83. The number of carbonyl (C=O) groups excluding carboxylic acids is 1. The molecule has 0 spiro atoms. The van der Waals surface area contributed by atoms with Crippen molar-refractivity contribution in [3.63, 3.8) is 0 Å². The van der Waals surface area contributed by atoms with E-state index in [0.717, 1.165) is 24.1 Å². The van der Waals surface area contributed by atoms with Crippen LogP contribution in [0.25, 0.3) is 0 Å². The number of benzene rings is 1. The minimum atomic E-state index is -3.96. The summed E-state index contributed by atoms with van der Waals surface area (Å²) in [6.07, 6.45) is 3.36. The molecule has 3 rings (SSSR count). The maximum absolute atomic E-state index is 12.7. The van der Waals surface area contributed by atoms with E-state index in [2.05, 4.69) is 4.72 Å². The van der Waals surface area contributed by atoms with E-state index in [4.69, 9.17) is 0 Å². The van der Waals surface area contributed by atoms with Crippen molar-refractivity contribution >= 4 is 27.6 Å². The van der Waals surface area contributed by atoms with Crippen molar-refractivity contribution in [2.45, 2.75) is 56.4 Å². The molecule has 2 heterocycles. The van der Waals surface area contributed by atoms with Crippen LogP contribution >= 0.6 is 0 Å². The Balaban J connectivity index is 1.92. The van der Waals surface area contributed by atoms with Crippen LogP contribution in [0.2, 0.25) is 0 Å². The number of aliphatic carboxylic acids is 1. The van der Waals surface area contributed by atoms with Crippen LogP contribution in [0.4, 0.5) is 5.69 Å². The Morgan fingerprint density at radius 3 is 2.76 bits per heavy atom. The molecule has 0 fully saturated rings. The van der Waals surface area contributed by atoms with Gasteiger partial charge in [-0.05, 0) is 42.5 Å². The molecule has 7 nitrogen and oxygen atoms in total. The lowest BCUT2D eigenvalue weighted by Crippen LogP contribution is -2.40. The third kappa shape index (κ3) is 3.41. The van der Waals surface area contributed by atoms with E-state index in [0.29, 0.717) is 24.9 Å². The van der Waals surface area contributed by atoms with E-state index < -0.39 is 22.0 Å². The number of sulfonamides is 1. The second-order valence-corrected chi connectivity index (χ2v) is 8.28. The average Bonchev–Trinajstić information content (AvgIpc) is 2.89. The lowest BCUT2D eigenvalue weighted by atomic mass is 10.0. The van der Waals surface area contributed by atoms with Crippen LogP contribution in [-0.4, -0.2) is 38.0 Å². The first-order valence-electron chi connectivity index (χ1n) is 8.54. The number of hydrogen-bond donors (Lipinski definition) is 2. The summed E-state index contributed by atoms with van der Waals surface area (Å²) in [4.78, 5) is 25.2. The second kappa shape index (κ2) is 6.76. The second-order valence-electron chi connectivity index (χ2n) is 6.57. The number of anilines is 1. The maximum atomic E-state index is 12.7. The van der Waals surface area contributed by atoms with Crippen LogP contribution in [0.5, 0.6) is 0 Å². The van der Waals surface area contributed by atoms with Crippen molar-refractivity contribution in [1.82, 2.24) is 4.72 Å². The summed E-state index contributed by atoms with van der Waals surface area (Å²) in [5.74, 6) is -1.19. The summed E-state index contributed by atoms with van der Waals surface area (Å²) < 4.78 is 27.7. The molecule has 2 aliphatic heterocycles. The summed E-state index contributed by atoms with van der Waals surface area (Å²) in [5.41, 5.74) is 2.40. The molecule has 136 valence electrons. The van der Waals surface area contributed by atoms with Gasteiger partial charge in [-0.2, -0.15) is 4.72 Å². The summed E-state index contributed by atoms with van der Waals surface area (Å²) >= 11 is 0. The highest BCUT2D eigenvalue weighted by molar-refractivity contribution is 7.89. The van der Waals surface area contributed by atoms with E-state index in [-0.39, 0.29) is 23.6 Å². The predicted molar refractivity (Wildman–Crippen MR) is 92.1 cm³/mol. The zero-order valence-electron chi connectivity index (χ0n) is 14.1. The lowest BCUT2D eigenvalue weighted by Gasteiger charge is -2.26. The van der Waals surface area contributed by atoms with Gasteiger partial charge < -0.3 is 10.0 Å². The van der Waals surface area contributed by atoms with Crippen molar-refractivity contribution in [2.24, 2.45) is 0 Å². The number of carbonyl (C=O) groups is 2. The molecule has 2 aliphatic rings. The van der Waals surface area contributed by atoms with Crippen molar-refractivity contribution in [2.75, 3.05) is 11.4 Å². The molecule has 1 aromatic carbocycles. The van der Waals surface area contributed by atoms with E-state index in [1.54, 1.807) is 11.0 Å². The van der Waals surface area contributed by atoms with Gasteiger partial charge in [0.25, 0.3) is 0 Å². The molecule has 1 aromatic rings. The number of carboxylic acid groups (broad SMARTS) is 1. The van der Waals surface area contributed by atoms with Gasteiger partial charge in [-0.25, -0.2) is 8.42 Å². The molecule has 1 atom stereocenters. The highest BCUT2D eigenvalue weighted by Crippen LogP contribution is 2.38. The molecule has 0 aromatic heterocycles. The fourth-order valence-electron chi connectivity index (χ4n) is 3.50. The number of rotatable bonds is 7. The number of hydrogen-bond acceptors (Lipinski definition) is 4. The van der Waals surface area contributed by atoms with Gasteiger partial charge in [0.2, 0.25) is 15.9 Å². The van der Waals surface area contributed by atoms with Crippen molar-refractivity contribution in [3.05, 3.63) is 23.3 Å². The van der Waals surface area contributed by atoms with Crippen molar-refractivity contribution < 1.29 is 23.1 Å². The molecule has 0 radical (unpaired) electrons. The lowest BCUT2D eigenvalue weighted by molar-refractivity contribution is -0.139. The quantitative estimate of drug-likeness (QED) is 0.760. The van der Waals surface area contributed by atoms with Gasteiger partial charge in [-0.15, -0.1) is 0 Å². The normalized spacial score (nSPS) is 17.5. The minimum Gasteiger partial charge on any atom is -0.480 e. The first-order valence-corrected chi connectivity index (χ1v) is 10.0. The molecule has 2 N–H and O–H groups in total. The fraction of sp³-hybridized carbons (Fsp3) is 0.529. The first-order chi connectivity index (χ1) is 11.8. The Morgan fingerprint density at radius 1 is 1.36 bits per heavy atom. The number of nitrogens with one attached hydrogen (secondary N) is 1. The van der Waals surface area contributed by atoms with Gasteiger partial charge in [0, 0.05) is 6.54 Å². The smallest absolute Gasteiger partial charge is 0.321 e. The molecule has 25 heavy (non-hydrogen) atoms. The molecule has 8 heteroatoms. The molecular weight excluding hydrogens is 344 g/mol.